The first-order chi connectivity index (χ1) is 19.3. The molecule has 1 aromatic heterocycles. The third-order valence-corrected chi connectivity index (χ3v) is 8.76. The molecule has 0 saturated heterocycles. The Kier molecular flexibility index (Phi) is 7.25. The molecule has 4 aromatic rings. The van der Waals surface area contributed by atoms with Crippen LogP contribution in [0.25, 0.3) is 11.8 Å². The summed E-state index contributed by atoms with van der Waals surface area (Å²) in [4.78, 5) is 31.4. The van der Waals surface area contributed by atoms with Gasteiger partial charge in [0.05, 0.1) is 27.4 Å². The molecule has 6 nitrogen and oxygen atoms in total. The molecule has 0 radical (unpaired) electrons. The lowest BCUT2D eigenvalue weighted by molar-refractivity contribution is -0.132. The van der Waals surface area contributed by atoms with Gasteiger partial charge in [-0.1, -0.05) is 59.3 Å². The van der Waals surface area contributed by atoms with E-state index in [1.54, 1.807) is 16.7 Å². The van der Waals surface area contributed by atoms with E-state index in [1.807, 2.05) is 43.3 Å². The number of aromatic nitrogens is 1. The number of halogens is 2. The van der Waals surface area contributed by atoms with E-state index in [0.717, 1.165) is 40.8 Å². The average Bonchev–Trinajstić information content (AvgIpc) is 3.24. The van der Waals surface area contributed by atoms with Crippen LogP contribution in [-0.4, -0.2) is 17.1 Å². The molecule has 1 atom stereocenters. The first-order valence-electron chi connectivity index (χ1n) is 12.9. The second-order valence-electron chi connectivity index (χ2n) is 9.52. The molecule has 2 heterocycles. The van der Waals surface area contributed by atoms with Gasteiger partial charge in [-0.05, 0) is 88.3 Å². The monoisotopic (exact) mass is 634 g/mol. The summed E-state index contributed by atoms with van der Waals surface area (Å²) in [6.07, 6.45) is 3.53. The van der Waals surface area contributed by atoms with Gasteiger partial charge in [0.25, 0.3) is 5.56 Å². The van der Waals surface area contributed by atoms with Crippen LogP contribution in [0.4, 0.5) is 0 Å². The van der Waals surface area contributed by atoms with Gasteiger partial charge >= 0.3 is 5.97 Å². The van der Waals surface area contributed by atoms with Crippen molar-refractivity contribution in [3.05, 3.63) is 118 Å². The first-order valence-corrected chi connectivity index (χ1v) is 14.9. The standard InChI is InChI=1S/C31H24BrClN2O4S/c1-3-38-25-15-18(14-24(32)29(25)39-17(2)36)16-26-30(37)35-28(20-8-11-21(33)12-9-20)23-13-10-19-6-4-5-7-22(19)27(23)34-31(35)40-26/h4-9,11-12,14-16,28H,3,10,13H2,1-2H3/b26-16+/t28-/m0/s1. The van der Waals surface area contributed by atoms with Gasteiger partial charge < -0.3 is 9.47 Å². The topological polar surface area (TPSA) is 69.9 Å². The number of nitrogens with zero attached hydrogens (tertiary/aromatic N) is 2. The van der Waals surface area contributed by atoms with E-state index in [-0.39, 0.29) is 11.6 Å². The number of carbonyl (C=O) groups is 1. The molecule has 3 aromatic carbocycles. The summed E-state index contributed by atoms with van der Waals surface area (Å²) in [7, 11) is 0. The molecule has 6 rings (SSSR count). The van der Waals surface area contributed by atoms with Crippen LogP contribution in [0.3, 0.4) is 0 Å². The summed E-state index contributed by atoms with van der Waals surface area (Å²) >= 11 is 11.1. The van der Waals surface area contributed by atoms with Gasteiger partial charge in [0.1, 0.15) is 0 Å². The smallest absolute Gasteiger partial charge is 0.308 e. The van der Waals surface area contributed by atoms with Crippen molar-refractivity contribution in [2.24, 2.45) is 4.99 Å². The van der Waals surface area contributed by atoms with Crippen LogP contribution in [0.2, 0.25) is 5.02 Å². The highest BCUT2D eigenvalue weighted by atomic mass is 79.9. The molecule has 0 spiro atoms. The Balaban J connectivity index is 1.55. The van der Waals surface area contributed by atoms with Crippen LogP contribution in [-0.2, 0) is 11.2 Å². The molecular formula is C31H24BrClN2O4S. The molecule has 1 aliphatic carbocycles. The van der Waals surface area contributed by atoms with Crippen molar-refractivity contribution in [1.82, 2.24) is 4.57 Å². The predicted molar refractivity (Wildman–Crippen MR) is 161 cm³/mol. The number of fused-ring (bicyclic) bond motifs is 3. The third kappa shape index (κ3) is 4.85. The minimum absolute atomic E-state index is 0.118. The number of hydrogen-bond acceptors (Lipinski definition) is 6. The number of hydrogen-bond donors (Lipinski definition) is 0. The number of allylic oxidation sites excluding steroid dienone is 1. The Bertz CT molecular complexity index is 1870. The third-order valence-electron chi connectivity index (χ3n) is 6.93. The molecular weight excluding hydrogens is 612 g/mol. The molecule has 0 saturated carbocycles. The number of aryl methyl sites for hydroxylation is 1. The maximum Gasteiger partial charge on any atom is 0.308 e. The van der Waals surface area contributed by atoms with Crippen LogP contribution in [0.15, 0.2) is 80.5 Å². The van der Waals surface area contributed by atoms with Crippen LogP contribution in [0.5, 0.6) is 11.5 Å². The Labute approximate surface area is 248 Å². The van der Waals surface area contributed by atoms with E-state index in [4.69, 9.17) is 26.1 Å². The van der Waals surface area contributed by atoms with Crippen molar-refractivity contribution in [1.29, 1.82) is 0 Å². The number of carbonyl (C=O) groups excluding carboxylic acids is 1. The lowest BCUT2D eigenvalue weighted by Gasteiger charge is -2.30. The minimum Gasteiger partial charge on any atom is -0.490 e. The van der Waals surface area contributed by atoms with Gasteiger partial charge in [0, 0.05) is 17.5 Å². The largest absolute Gasteiger partial charge is 0.490 e. The van der Waals surface area contributed by atoms with Crippen molar-refractivity contribution >= 4 is 56.6 Å². The molecule has 0 N–H and O–H groups in total. The molecule has 202 valence electrons. The minimum atomic E-state index is -0.449. The summed E-state index contributed by atoms with van der Waals surface area (Å²) < 4.78 is 14.0. The fourth-order valence-electron chi connectivity index (χ4n) is 5.30. The second kappa shape index (κ2) is 10.8. The highest BCUT2D eigenvalue weighted by Gasteiger charge is 2.32. The van der Waals surface area contributed by atoms with E-state index in [9.17, 15) is 9.59 Å². The number of benzene rings is 3. The summed E-state index contributed by atoms with van der Waals surface area (Å²) in [6.45, 7) is 3.58. The van der Waals surface area contributed by atoms with Gasteiger partial charge in [-0.25, -0.2) is 4.99 Å². The van der Waals surface area contributed by atoms with E-state index >= 15 is 0 Å². The number of esters is 1. The molecule has 0 amide bonds. The zero-order valence-corrected chi connectivity index (χ0v) is 24.9. The summed E-state index contributed by atoms with van der Waals surface area (Å²) in [5.41, 5.74) is 6.06. The quantitative estimate of drug-likeness (QED) is 0.198. The highest BCUT2D eigenvalue weighted by molar-refractivity contribution is 9.10. The van der Waals surface area contributed by atoms with Crippen LogP contribution in [0, 0.1) is 0 Å². The zero-order chi connectivity index (χ0) is 28.0. The van der Waals surface area contributed by atoms with Crippen LogP contribution < -0.4 is 24.4 Å². The SMILES string of the molecule is CCOc1cc(/C=c2/sc3n(c2=O)[C@@H](c2ccc(Cl)cc2)C2=C(N=3)c3ccccc3CC2)cc(Br)c1OC(C)=O. The van der Waals surface area contributed by atoms with E-state index in [2.05, 4.69) is 34.1 Å². The van der Waals surface area contributed by atoms with Crippen LogP contribution in [0.1, 0.15) is 48.6 Å². The molecule has 0 bridgehead atoms. The van der Waals surface area contributed by atoms with E-state index in [0.29, 0.717) is 36.9 Å². The van der Waals surface area contributed by atoms with Gasteiger partial charge in [-0.2, -0.15) is 0 Å². The summed E-state index contributed by atoms with van der Waals surface area (Å²) in [5.74, 6) is 0.273. The fraction of sp³-hybridized carbons (Fsp3) is 0.194. The van der Waals surface area contributed by atoms with Gasteiger partial charge in [0.15, 0.2) is 16.3 Å². The lowest BCUT2D eigenvalue weighted by Crippen LogP contribution is -2.38. The van der Waals surface area contributed by atoms with Crippen molar-refractivity contribution in [2.75, 3.05) is 6.61 Å². The Morgan fingerprint density at radius 1 is 1.18 bits per heavy atom. The van der Waals surface area contributed by atoms with Crippen molar-refractivity contribution in [2.45, 2.75) is 32.7 Å². The normalized spacial score (nSPS) is 16.1. The van der Waals surface area contributed by atoms with E-state index < -0.39 is 5.97 Å². The summed E-state index contributed by atoms with van der Waals surface area (Å²) in [5, 5.41) is 0.646. The lowest BCUT2D eigenvalue weighted by atomic mass is 9.83. The number of rotatable bonds is 5. The molecule has 0 unspecified atom stereocenters. The Morgan fingerprint density at radius 2 is 1.95 bits per heavy atom. The molecule has 40 heavy (non-hydrogen) atoms. The van der Waals surface area contributed by atoms with Crippen molar-refractivity contribution in [3.8, 4) is 11.5 Å². The molecule has 2 aliphatic rings. The average molecular weight is 636 g/mol. The number of thiazole rings is 1. The maximum atomic E-state index is 14.0. The van der Waals surface area contributed by atoms with Crippen molar-refractivity contribution < 1.29 is 14.3 Å². The molecule has 9 heteroatoms. The fourth-order valence-corrected chi connectivity index (χ4v) is 6.96. The Morgan fingerprint density at radius 3 is 2.70 bits per heavy atom. The van der Waals surface area contributed by atoms with Gasteiger partial charge in [0.2, 0.25) is 0 Å². The van der Waals surface area contributed by atoms with E-state index in [1.165, 1.54) is 23.8 Å². The van der Waals surface area contributed by atoms with Crippen molar-refractivity contribution in [3.63, 3.8) is 0 Å². The number of ether oxygens (including phenoxy) is 2. The molecule has 1 aliphatic heterocycles. The van der Waals surface area contributed by atoms with Gasteiger partial charge in [-0.3, -0.25) is 14.2 Å². The Hall–Kier alpha value is -3.46. The molecule has 0 fully saturated rings. The highest BCUT2D eigenvalue weighted by Crippen LogP contribution is 2.41. The summed E-state index contributed by atoms with van der Waals surface area (Å²) in [6, 6.07) is 19.3. The zero-order valence-electron chi connectivity index (χ0n) is 21.7. The first kappa shape index (κ1) is 26.7. The second-order valence-corrected chi connectivity index (χ2v) is 11.8. The maximum absolute atomic E-state index is 14.0. The van der Waals surface area contributed by atoms with Crippen LogP contribution >= 0.6 is 38.9 Å². The predicted octanol–water partition coefficient (Wildman–Crippen LogP) is 6.06. The van der Waals surface area contributed by atoms with Gasteiger partial charge in [-0.15, -0.1) is 0 Å².